The van der Waals surface area contributed by atoms with Crippen LogP contribution in [0, 0.1) is 5.92 Å². The summed E-state index contributed by atoms with van der Waals surface area (Å²) >= 11 is 0. The van der Waals surface area contributed by atoms with Crippen LogP contribution in [0.5, 0.6) is 5.75 Å². The van der Waals surface area contributed by atoms with Crippen LogP contribution in [0.4, 0.5) is 0 Å². The molecule has 0 saturated heterocycles. The van der Waals surface area contributed by atoms with Crippen LogP contribution in [0.25, 0.3) is 0 Å². The molecule has 1 rings (SSSR count). The molecule has 114 valence electrons. The van der Waals surface area contributed by atoms with Gasteiger partial charge in [0.25, 0.3) is 0 Å². The molecule has 6 heteroatoms. The molecule has 0 unspecified atom stereocenters. The molecular weight excluding hydrogens is 278 g/mol. The Bertz CT molecular complexity index is 521. The highest BCUT2D eigenvalue weighted by molar-refractivity contribution is 7.89. The molecule has 0 heterocycles. The third-order valence-electron chi connectivity index (χ3n) is 2.52. The van der Waals surface area contributed by atoms with Gasteiger partial charge in [-0.15, -0.1) is 0 Å². The molecular formula is C14H23NO4S. The van der Waals surface area contributed by atoms with E-state index in [4.69, 9.17) is 9.84 Å². The minimum atomic E-state index is -3.64. The Hall–Kier alpha value is -1.11. The molecule has 0 spiro atoms. The highest BCUT2D eigenvalue weighted by Crippen LogP contribution is 2.18. The fourth-order valence-corrected chi connectivity index (χ4v) is 2.84. The lowest BCUT2D eigenvalue weighted by Crippen LogP contribution is -2.46. The number of benzene rings is 1. The number of aliphatic hydroxyl groups excluding tert-OH is 1. The van der Waals surface area contributed by atoms with E-state index in [0.29, 0.717) is 18.3 Å². The number of sulfonamides is 1. The molecule has 1 aromatic carbocycles. The molecule has 0 aromatic heterocycles. The second kappa shape index (κ2) is 6.56. The molecule has 20 heavy (non-hydrogen) atoms. The summed E-state index contributed by atoms with van der Waals surface area (Å²) in [5.41, 5.74) is -0.897. The summed E-state index contributed by atoms with van der Waals surface area (Å²) in [6.07, 6.45) is 0. The minimum absolute atomic E-state index is 0.149. The van der Waals surface area contributed by atoms with Gasteiger partial charge >= 0.3 is 0 Å². The first-order valence-corrected chi connectivity index (χ1v) is 8.02. The van der Waals surface area contributed by atoms with Crippen LogP contribution in [0.1, 0.15) is 27.7 Å². The van der Waals surface area contributed by atoms with Gasteiger partial charge in [0.1, 0.15) is 5.75 Å². The zero-order valence-corrected chi connectivity index (χ0v) is 13.2. The second-order valence-electron chi connectivity index (χ2n) is 5.82. The number of rotatable bonds is 7. The SMILES string of the molecule is CC(C)COc1ccc(S(=O)(=O)NC(C)(C)CO)cc1. The van der Waals surface area contributed by atoms with Gasteiger partial charge in [0.05, 0.1) is 23.6 Å². The molecule has 0 radical (unpaired) electrons. The molecule has 0 aliphatic heterocycles. The second-order valence-corrected chi connectivity index (χ2v) is 7.51. The van der Waals surface area contributed by atoms with Gasteiger partial charge in [-0.3, -0.25) is 0 Å². The van der Waals surface area contributed by atoms with E-state index in [9.17, 15) is 8.42 Å². The summed E-state index contributed by atoms with van der Waals surface area (Å²) < 4.78 is 32.2. The summed E-state index contributed by atoms with van der Waals surface area (Å²) in [5, 5.41) is 9.12. The average Bonchev–Trinajstić information content (AvgIpc) is 2.35. The Morgan fingerprint density at radius 2 is 1.80 bits per heavy atom. The van der Waals surface area contributed by atoms with E-state index in [1.54, 1.807) is 26.0 Å². The quantitative estimate of drug-likeness (QED) is 0.805. The molecule has 0 fully saturated rings. The number of nitrogens with one attached hydrogen (secondary N) is 1. The van der Waals surface area contributed by atoms with Crippen LogP contribution in [0.15, 0.2) is 29.2 Å². The Balaban J connectivity index is 2.82. The van der Waals surface area contributed by atoms with Crippen molar-refractivity contribution in [1.29, 1.82) is 0 Å². The summed E-state index contributed by atoms with van der Waals surface area (Å²) in [6, 6.07) is 6.24. The fraction of sp³-hybridized carbons (Fsp3) is 0.571. The first-order valence-electron chi connectivity index (χ1n) is 6.54. The fourth-order valence-electron chi connectivity index (χ4n) is 1.43. The van der Waals surface area contributed by atoms with Crippen LogP contribution < -0.4 is 9.46 Å². The van der Waals surface area contributed by atoms with Gasteiger partial charge in [0, 0.05) is 0 Å². The maximum absolute atomic E-state index is 12.1. The van der Waals surface area contributed by atoms with Crippen LogP contribution in [-0.2, 0) is 10.0 Å². The smallest absolute Gasteiger partial charge is 0.241 e. The Morgan fingerprint density at radius 1 is 1.25 bits per heavy atom. The van der Waals surface area contributed by atoms with E-state index >= 15 is 0 Å². The maximum atomic E-state index is 12.1. The van der Waals surface area contributed by atoms with Crippen LogP contribution in [0.3, 0.4) is 0 Å². The van der Waals surface area contributed by atoms with E-state index < -0.39 is 15.6 Å². The predicted molar refractivity (Wildman–Crippen MR) is 78.3 cm³/mol. The van der Waals surface area contributed by atoms with Gasteiger partial charge in [0.2, 0.25) is 10.0 Å². The van der Waals surface area contributed by atoms with Gasteiger partial charge in [-0.05, 0) is 44.0 Å². The summed E-state index contributed by atoms with van der Waals surface area (Å²) in [6.45, 7) is 7.62. The van der Waals surface area contributed by atoms with Gasteiger partial charge in [-0.25, -0.2) is 13.1 Å². The van der Waals surface area contributed by atoms with E-state index in [0.717, 1.165) is 0 Å². The standard InChI is InChI=1S/C14H23NO4S/c1-11(2)9-19-12-5-7-13(8-6-12)20(17,18)15-14(3,4)10-16/h5-8,11,15-16H,9-10H2,1-4H3. The topological polar surface area (TPSA) is 75.6 Å². The lowest BCUT2D eigenvalue weighted by atomic mass is 10.1. The zero-order chi connectivity index (χ0) is 15.4. The highest BCUT2D eigenvalue weighted by Gasteiger charge is 2.25. The highest BCUT2D eigenvalue weighted by atomic mass is 32.2. The Kier molecular flexibility index (Phi) is 5.56. The molecule has 2 N–H and O–H groups in total. The number of hydrogen-bond donors (Lipinski definition) is 2. The van der Waals surface area contributed by atoms with E-state index in [1.807, 2.05) is 13.8 Å². The molecule has 0 atom stereocenters. The molecule has 1 aromatic rings. The average molecular weight is 301 g/mol. The number of hydrogen-bond acceptors (Lipinski definition) is 4. The first kappa shape index (κ1) is 16.9. The molecule has 0 aliphatic carbocycles. The van der Waals surface area contributed by atoms with E-state index in [2.05, 4.69) is 4.72 Å². The minimum Gasteiger partial charge on any atom is -0.493 e. The van der Waals surface area contributed by atoms with Crippen molar-refractivity contribution in [1.82, 2.24) is 4.72 Å². The number of aliphatic hydroxyl groups is 1. The van der Waals surface area contributed by atoms with Crippen molar-refractivity contribution < 1.29 is 18.3 Å². The predicted octanol–water partition coefficient (Wildman–Crippen LogP) is 1.77. The van der Waals surface area contributed by atoms with Crippen molar-refractivity contribution in [2.45, 2.75) is 38.1 Å². The van der Waals surface area contributed by atoms with Gasteiger partial charge < -0.3 is 9.84 Å². The Labute approximate surface area is 121 Å². The third-order valence-corrected chi connectivity index (χ3v) is 4.24. The van der Waals surface area contributed by atoms with Gasteiger partial charge in [0.15, 0.2) is 0 Å². The first-order chi connectivity index (χ1) is 9.16. The van der Waals surface area contributed by atoms with E-state index in [1.165, 1.54) is 12.1 Å². The Morgan fingerprint density at radius 3 is 2.25 bits per heavy atom. The van der Waals surface area contributed by atoms with Crippen molar-refractivity contribution in [3.05, 3.63) is 24.3 Å². The van der Waals surface area contributed by atoms with Crippen molar-refractivity contribution in [2.75, 3.05) is 13.2 Å². The van der Waals surface area contributed by atoms with Crippen molar-refractivity contribution in [3.63, 3.8) is 0 Å². The van der Waals surface area contributed by atoms with Crippen molar-refractivity contribution >= 4 is 10.0 Å². The molecule has 0 amide bonds. The monoisotopic (exact) mass is 301 g/mol. The third kappa shape index (κ3) is 5.11. The summed E-state index contributed by atoms with van der Waals surface area (Å²) in [7, 11) is -3.64. The van der Waals surface area contributed by atoms with Crippen molar-refractivity contribution in [2.24, 2.45) is 5.92 Å². The van der Waals surface area contributed by atoms with Crippen LogP contribution in [0.2, 0.25) is 0 Å². The zero-order valence-electron chi connectivity index (χ0n) is 12.4. The lowest BCUT2D eigenvalue weighted by molar-refractivity contribution is 0.208. The molecule has 5 nitrogen and oxygen atoms in total. The van der Waals surface area contributed by atoms with Gasteiger partial charge in [-0.2, -0.15) is 0 Å². The largest absolute Gasteiger partial charge is 0.493 e. The van der Waals surface area contributed by atoms with E-state index in [-0.39, 0.29) is 11.5 Å². The summed E-state index contributed by atoms with van der Waals surface area (Å²) in [5.74, 6) is 1.05. The molecule has 0 aliphatic rings. The number of ether oxygens (including phenoxy) is 1. The van der Waals surface area contributed by atoms with Crippen molar-refractivity contribution in [3.8, 4) is 5.75 Å². The lowest BCUT2D eigenvalue weighted by Gasteiger charge is -2.23. The molecule has 0 bridgehead atoms. The normalized spacial score (nSPS) is 12.7. The van der Waals surface area contributed by atoms with Crippen LogP contribution in [-0.4, -0.2) is 32.3 Å². The summed E-state index contributed by atoms with van der Waals surface area (Å²) in [4.78, 5) is 0.149. The van der Waals surface area contributed by atoms with Crippen LogP contribution >= 0.6 is 0 Å². The molecule has 0 saturated carbocycles. The van der Waals surface area contributed by atoms with Gasteiger partial charge in [-0.1, -0.05) is 13.8 Å². The maximum Gasteiger partial charge on any atom is 0.241 e.